The molecular formula is C13H15NO5. The van der Waals surface area contributed by atoms with Crippen LogP contribution in [-0.2, 0) is 14.4 Å². The average molecular weight is 265 g/mol. The number of amides is 1. The van der Waals surface area contributed by atoms with Crippen LogP contribution in [0.5, 0.6) is 0 Å². The number of rotatable bonds is 6. The van der Waals surface area contributed by atoms with E-state index in [9.17, 15) is 9.59 Å². The van der Waals surface area contributed by atoms with Gasteiger partial charge in [0.1, 0.15) is 11.5 Å². The van der Waals surface area contributed by atoms with Crippen molar-refractivity contribution in [2.75, 3.05) is 6.61 Å². The van der Waals surface area contributed by atoms with Crippen molar-refractivity contribution in [2.45, 2.75) is 19.3 Å². The minimum atomic E-state index is -1.15. The first-order valence-corrected chi connectivity index (χ1v) is 5.97. The molecule has 0 radical (unpaired) electrons. The Hall–Kier alpha value is -2.08. The molecular weight excluding hydrogens is 250 g/mol. The summed E-state index contributed by atoms with van der Waals surface area (Å²) in [7, 11) is 0. The molecule has 2 unspecified atom stereocenters. The summed E-state index contributed by atoms with van der Waals surface area (Å²) in [6, 6.07) is 3.70. The Morgan fingerprint density at radius 2 is 2.32 bits per heavy atom. The van der Waals surface area contributed by atoms with Crippen LogP contribution in [0.25, 0.3) is 6.08 Å². The molecule has 2 N–H and O–H groups in total. The zero-order valence-corrected chi connectivity index (χ0v) is 10.5. The fourth-order valence-electron chi connectivity index (χ4n) is 1.74. The highest BCUT2D eigenvalue weighted by molar-refractivity contribution is 5.90. The summed E-state index contributed by atoms with van der Waals surface area (Å²) in [5, 5.41) is 8.31. The summed E-state index contributed by atoms with van der Waals surface area (Å²) in [5.41, 5.74) is 1.98. The van der Waals surface area contributed by atoms with Gasteiger partial charge >= 0.3 is 5.97 Å². The summed E-state index contributed by atoms with van der Waals surface area (Å²) < 4.78 is 5.57. The van der Waals surface area contributed by atoms with Crippen LogP contribution >= 0.6 is 0 Å². The van der Waals surface area contributed by atoms with Crippen LogP contribution in [0.2, 0.25) is 0 Å². The van der Waals surface area contributed by atoms with Crippen molar-refractivity contribution >= 4 is 18.0 Å². The second-order valence-corrected chi connectivity index (χ2v) is 4.54. The van der Waals surface area contributed by atoms with Gasteiger partial charge in [-0.2, -0.15) is 0 Å². The van der Waals surface area contributed by atoms with E-state index < -0.39 is 18.5 Å². The monoisotopic (exact) mass is 265 g/mol. The fraction of sp³-hybridized carbons (Fsp3) is 0.385. The van der Waals surface area contributed by atoms with Crippen LogP contribution in [0, 0.1) is 5.92 Å². The summed E-state index contributed by atoms with van der Waals surface area (Å²) in [4.78, 5) is 25.8. The molecule has 1 aromatic heterocycles. The van der Waals surface area contributed by atoms with E-state index >= 15 is 0 Å². The molecule has 0 aromatic carbocycles. The molecule has 1 fully saturated rings. The molecule has 19 heavy (non-hydrogen) atoms. The van der Waals surface area contributed by atoms with Gasteiger partial charge in [0.05, 0.1) is 0 Å². The van der Waals surface area contributed by atoms with Crippen molar-refractivity contribution in [1.29, 1.82) is 0 Å². The van der Waals surface area contributed by atoms with E-state index in [4.69, 9.17) is 9.52 Å². The van der Waals surface area contributed by atoms with Crippen molar-refractivity contribution in [2.24, 2.45) is 5.92 Å². The van der Waals surface area contributed by atoms with Crippen LogP contribution in [-0.4, -0.2) is 23.6 Å². The quantitative estimate of drug-likeness (QED) is 0.601. The lowest BCUT2D eigenvalue weighted by Gasteiger charge is -1.98. The molecule has 1 aliphatic carbocycles. The van der Waals surface area contributed by atoms with Gasteiger partial charge in [0.25, 0.3) is 5.91 Å². The first-order valence-electron chi connectivity index (χ1n) is 5.97. The molecule has 0 spiro atoms. The Bertz CT molecular complexity index is 505. The molecule has 1 saturated carbocycles. The van der Waals surface area contributed by atoms with Crippen molar-refractivity contribution in [3.05, 3.63) is 29.7 Å². The highest BCUT2D eigenvalue weighted by atomic mass is 16.7. The molecule has 0 bridgehead atoms. The number of nitrogens with one attached hydrogen (secondary N) is 1. The number of aliphatic carboxylic acids is 1. The molecule has 0 saturated heterocycles. The molecule has 1 aromatic rings. The maximum absolute atomic E-state index is 11.2. The zero-order valence-electron chi connectivity index (χ0n) is 10.5. The minimum absolute atomic E-state index is 0.495. The average Bonchev–Trinajstić information content (AvgIpc) is 2.90. The second-order valence-electron chi connectivity index (χ2n) is 4.54. The van der Waals surface area contributed by atoms with E-state index in [1.165, 1.54) is 12.2 Å². The largest absolute Gasteiger partial charge is 0.479 e. The van der Waals surface area contributed by atoms with Gasteiger partial charge in [-0.1, -0.05) is 6.92 Å². The standard InChI is InChI=1S/C13H15NO5/c1-8-6-10(8)11-4-2-9(19-11)3-5-12(15)14-18-7-13(16)17/h2-5,8,10H,6-7H2,1H3,(H,14,15)(H,16,17). The topological polar surface area (TPSA) is 88.8 Å². The molecule has 1 amide bonds. The van der Waals surface area contributed by atoms with Gasteiger partial charge in [-0.15, -0.1) is 0 Å². The number of carbonyl (C=O) groups excluding carboxylic acids is 1. The number of hydrogen-bond donors (Lipinski definition) is 2. The molecule has 6 nitrogen and oxygen atoms in total. The van der Waals surface area contributed by atoms with Crippen molar-refractivity contribution in [1.82, 2.24) is 5.48 Å². The summed E-state index contributed by atoms with van der Waals surface area (Å²) >= 11 is 0. The van der Waals surface area contributed by atoms with Crippen LogP contribution < -0.4 is 5.48 Å². The van der Waals surface area contributed by atoms with Crippen LogP contribution in [0.15, 0.2) is 22.6 Å². The van der Waals surface area contributed by atoms with Crippen LogP contribution in [0.4, 0.5) is 0 Å². The van der Waals surface area contributed by atoms with Gasteiger partial charge in [0, 0.05) is 12.0 Å². The SMILES string of the molecule is CC1CC1c1ccc(C=CC(=O)NOCC(=O)O)o1. The van der Waals surface area contributed by atoms with Crippen molar-refractivity contribution in [3.8, 4) is 0 Å². The Morgan fingerprint density at radius 3 is 2.95 bits per heavy atom. The van der Waals surface area contributed by atoms with Crippen molar-refractivity contribution < 1.29 is 24.0 Å². The van der Waals surface area contributed by atoms with Crippen LogP contribution in [0.3, 0.4) is 0 Å². The van der Waals surface area contributed by atoms with Gasteiger partial charge in [0.2, 0.25) is 0 Å². The zero-order chi connectivity index (χ0) is 13.8. The number of furan rings is 1. The molecule has 0 aliphatic heterocycles. The maximum Gasteiger partial charge on any atom is 0.332 e. The fourth-order valence-corrected chi connectivity index (χ4v) is 1.74. The van der Waals surface area contributed by atoms with E-state index in [2.05, 4.69) is 11.8 Å². The van der Waals surface area contributed by atoms with E-state index in [1.54, 1.807) is 6.07 Å². The van der Waals surface area contributed by atoms with Gasteiger partial charge in [-0.25, -0.2) is 10.3 Å². The number of hydrogen-bond acceptors (Lipinski definition) is 4. The highest BCUT2D eigenvalue weighted by Crippen LogP contribution is 2.47. The smallest absolute Gasteiger partial charge is 0.332 e. The first-order chi connectivity index (χ1) is 9.06. The van der Waals surface area contributed by atoms with E-state index in [-0.39, 0.29) is 0 Å². The second kappa shape index (κ2) is 5.71. The predicted molar refractivity (Wildman–Crippen MR) is 66.0 cm³/mol. The van der Waals surface area contributed by atoms with Gasteiger partial charge < -0.3 is 9.52 Å². The van der Waals surface area contributed by atoms with Gasteiger partial charge in [-0.05, 0) is 30.5 Å². The number of carboxylic acid groups (broad SMARTS) is 1. The number of carbonyl (C=O) groups is 2. The summed E-state index contributed by atoms with van der Waals surface area (Å²) in [6.07, 6.45) is 3.87. The third kappa shape index (κ3) is 3.96. The normalized spacial score (nSPS) is 21.5. The maximum atomic E-state index is 11.2. The third-order valence-electron chi connectivity index (χ3n) is 2.89. The van der Waals surface area contributed by atoms with Gasteiger partial charge in [-0.3, -0.25) is 9.63 Å². The lowest BCUT2D eigenvalue weighted by Crippen LogP contribution is -2.24. The Balaban J connectivity index is 1.79. The lowest BCUT2D eigenvalue weighted by molar-refractivity contribution is -0.147. The Labute approximate surface area is 110 Å². The van der Waals surface area contributed by atoms with Crippen molar-refractivity contribution in [3.63, 3.8) is 0 Å². The Kier molecular flexibility index (Phi) is 4.01. The summed E-state index contributed by atoms with van der Waals surface area (Å²) in [5.74, 6) is 0.986. The van der Waals surface area contributed by atoms with E-state index in [0.29, 0.717) is 17.6 Å². The molecule has 1 aliphatic rings. The number of carboxylic acids is 1. The van der Waals surface area contributed by atoms with Crippen LogP contribution in [0.1, 0.15) is 30.8 Å². The summed E-state index contributed by atoms with van der Waals surface area (Å²) in [6.45, 7) is 1.58. The third-order valence-corrected chi connectivity index (χ3v) is 2.89. The lowest BCUT2D eigenvalue weighted by atomic mass is 10.3. The van der Waals surface area contributed by atoms with Gasteiger partial charge in [0.15, 0.2) is 6.61 Å². The Morgan fingerprint density at radius 1 is 1.58 bits per heavy atom. The first kappa shape index (κ1) is 13.4. The highest BCUT2D eigenvalue weighted by Gasteiger charge is 2.36. The van der Waals surface area contributed by atoms with E-state index in [1.807, 2.05) is 11.5 Å². The molecule has 6 heteroatoms. The predicted octanol–water partition coefficient (Wildman–Crippen LogP) is 1.55. The number of hydroxylamine groups is 1. The minimum Gasteiger partial charge on any atom is -0.479 e. The molecule has 2 atom stereocenters. The molecule has 102 valence electrons. The molecule has 1 heterocycles. The van der Waals surface area contributed by atoms with E-state index in [0.717, 1.165) is 12.2 Å². The molecule has 2 rings (SSSR count).